The molecule has 0 radical (unpaired) electrons. The molecule has 0 N–H and O–H groups in total. The Morgan fingerprint density at radius 1 is 1.55 bits per heavy atom. The maximum absolute atomic E-state index is 12.9. The molecule has 0 saturated carbocycles. The molecule has 1 aliphatic heterocycles. The Hall–Kier alpha value is -0.960. The van der Waals surface area contributed by atoms with Gasteiger partial charge in [0.15, 0.2) is 0 Å². The number of halogens is 1. The largest absolute Gasteiger partial charge is 0.380 e. The van der Waals surface area contributed by atoms with E-state index >= 15 is 0 Å². The Kier molecular flexibility index (Phi) is 1.58. The third kappa shape index (κ3) is 1.12. The fourth-order valence-corrected chi connectivity index (χ4v) is 1.09. The van der Waals surface area contributed by atoms with Gasteiger partial charge >= 0.3 is 0 Å². The van der Waals surface area contributed by atoms with Gasteiger partial charge in [-0.2, -0.15) is 0 Å². The molecule has 0 bridgehead atoms. The number of aromatic nitrogens is 1. The van der Waals surface area contributed by atoms with Crippen LogP contribution in [0.2, 0.25) is 0 Å². The van der Waals surface area contributed by atoms with Gasteiger partial charge in [0.2, 0.25) is 0 Å². The number of hydrogen-bond donors (Lipinski definition) is 0. The minimum Gasteiger partial charge on any atom is -0.380 e. The minimum absolute atomic E-state index is 0.177. The Morgan fingerprint density at radius 2 is 2.36 bits per heavy atom. The molecule has 1 aromatic heterocycles. The highest BCUT2D eigenvalue weighted by Gasteiger charge is 2.24. The summed E-state index contributed by atoms with van der Waals surface area (Å²) in [4.78, 5) is 3.95. The van der Waals surface area contributed by atoms with Crippen LogP contribution < -0.4 is 0 Å². The summed E-state index contributed by atoms with van der Waals surface area (Å²) < 4.78 is 17.9. The lowest BCUT2D eigenvalue weighted by atomic mass is 10.0. The normalized spacial score (nSPS) is 17.9. The first-order valence-corrected chi connectivity index (χ1v) is 3.56. The first-order valence-electron chi connectivity index (χ1n) is 3.56. The number of ether oxygens (including phenoxy) is 1. The van der Waals surface area contributed by atoms with Crippen molar-refractivity contribution in [2.45, 2.75) is 5.92 Å². The van der Waals surface area contributed by atoms with Crippen LogP contribution in [0.3, 0.4) is 0 Å². The molecule has 0 unspecified atom stereocenters. The zero-order valence-corrected chi connectivity index (χ0v) is 5.96. The second-order valence-corrected chi connectivity index (χ2v) is 2.60. The van der Waals surface area contributed by atoms with Gasteiger partial charge in [-0.05, 0) is 12.1 Å². The Labute approximate surface area is 64.0 Å². The Bertz CT molecular complexity index is 260. The average molecular weight is 153 g/mol. The third-order valence-electron chi connectivity index (χ3n) is 1.81. The molecule has 0 spiro atoms. The lowest BCUT2D eigenvalue weighted by molar-refractivity contribution is 0.00519. The van der Waals surface area contributed by atoms with E-state index in [4.69, 9.17) is 4.74 Å². The molecule has 0 amide bonds. The van der Waals surface area contributed by atoms with Gasteiger partial charge in [-0.15, -0.1) is 0 Å². The SMILES string of the molecule is Fc1cccnc1C1COC1. The van der Waals surface area contributed by atoms with E-state index in [1.165, 1.54) is 6.07 Å². The van der Waals surface area contributed by atoms with Gasteiger partial charge < -0.3 is 4.74 Å². The molecule has 1 saturated heterocycles. The molecule has 0 aromatic carbocycles. The first-order chi connectivity index (χ1) is 5.38. The van der Waals surface area contributed by atoms with Crippen LogP contribution in [0.5, 0.6) is 0 Å². The zero-order chi connectivity index (χ0) is 7.68. The van der Waals surface area contributed by atoms with Crippen LogP contribution in [0.15, 0.2) is 18.3 Å². The van der Waals surface area contributed by atoms with E-state index in [9.17, 15) is 4.39 Å². The van der Waals surface area contributed by atoms with E-state index in [2.05, 4.69) is 4.98 Å². The molecule has 1 aliphatic rings. The van der Waals surface area contributed by atoms with Gasteiger partial charge in [-0.3, -0.25) is 4.98 Å². The van der Waals surface area contributed by atoms with Crippen molar-refractivity contribution >= 4 is 0 Å². The number of hydrogen-bond acceptors (Lipinski definition) is 2. The van der Waals surface area contributed by atoms with Crippen molar-refractivity contribution < 1.29 is 9.13 Å². The Morgan fingerprint density at radius 3 is 2.91 bits per heavy atom. The summed E-state index contributed by atoms with van der Waals surface area (Å²) in [7, 11) is 0. The van der Waals surface area contributed by atoms with E-state index in [1.54, 1.807) is 12.3 Å². The molecule has 1 aromatic rings. The molecular weight excluding hydrogens is 145 g/mol. The summed E-state index contributed by atoms with van der Waals surface area (Å²) in [6, 6.07) is 3.03. The number of rotatable bonds is 1. The fourth-order valence-electron chi connectivity index (χ4n) is 1.09. The maximum Gasteiger partial charge on any atom is 0.145 e. The fraction of sp³-hybridized carbons (Fsp3) is 0.375. The minimum atomic E-state index is -0.221. The van der Waals surface area contributed by atoms with Gasteiger partial charge in [0.05, 0.1) is 24.8 Å². The molecule has 0 atom stereocenters. The van der Waals surface area contributed by atoms with E-state index in [0.717, 1.165) is 0 Å². The summed E-state index contributed by atoms with van der Waals surface area (Å²) in [5.41, 5.74) is 0.541. The topological polar surface area (TPSA) is 22.1 Å². The average Bonchev–Trinajstić information content (AvgIpc) is 1.90. The van der Waals surface area contributed by atoms with Crippen molar-refractivity contribution in [3.8, 4) is 0 Å². The van der Waals surface area contributed by atoms with Crippen LogP contribution in [0.25, 0.3) is 0 Å². The second kappa shape index (κ2) is 2.58. The van der Waals surface area contributed by atoms with Gasteiger partial charge in [0, 0.05) is 6.20 Å². The van der Waals surface area contributed by atoms with Crippen LogP contribution in [-0.4, -0.2) is 18.2 Å². The smallest absolute Gasteiger partial charge is 0.145 e. The van der Waals surface area contributed by atoms with Crippen LogP contribution in [0, 0.1) is 5.82 Å². The highest BCUT2D eigenvalue weighted by molar-refractivity contribution is 5.14. The van der Waals surface area contributed by atoms with E-state index in [0.29, 0.717) is 18.9 Å². The number of nitrogens with zero attached hydrogens (tertiary/aromatic N) is 1. The van der Waals surface area contributed by atoms with Crippen molar-refractivity contribution in [3.05, 3.63) is 29.8 Å². The van der Waals surface area contributed by atoms with Crippen molar-refractivity contribution in [3.63, 3.8) is 0 Å². The molecule has 11 heavy (non-hydrogen) atoms. The molecule has 2 rings (SSSR count). The quantitative estimate of drug-likeness (QED) is 0.607. The van der Waals surface area contributed by atoms with E-state index in [1.807, 2.05) is 0 Å². The molecule has 2 nitrogen and oxygen atoms in total. The van der Waals surface area contributed by atoms with E-state index in [-0.39, 0.29) is 11.7 Å². The van der Waals surface area contributed by atoms with Gasteiger partial charge in [-0.1, -0.05) is 0 Å². The summed E-state index contributed by atoms with van der Waals surface area (Å²) >= 11 is 0. The van der Waals surface area contributed by atoms with Crippen molar-refractivity contribution in [2.75, 3.05) is 13.2 Å². The highest BCUT2D eigenvalue weighted by atomic mass is 19.1. The predicted molar refractivity (Wildman–Crippen MR) is 37.8 cm³/mol. The van der Waals surface area contributed by atoms with Gasteiger partial charge in [0.25, 0.3) is 0 Å². The molecule has 0 aliphatic carbocycles. The zero-order valence-electron chi connectivity index (χ0n) is 5.96. The standard InChI is InChI=1S/C8H8FNO/c9-7-2-1-3-10-8(7)6-4-11-5-6/h1-3,6H,4-5H2. The lowest BCUT2D eigenvalue weighted by Crippen LogP contribution is -2.26. The van der Waals surface area contributed by atoms with Crippen LogP contribution >= 0.6 is 0 Å². The summed E-state index contributed by atoms with van der Waals surface area (Å²) in [5.74, 6) is -0.0444. The van der Waals surface area contributed by atoms with Crippen LogP contribution in [0.4, 0.5) is 4.39 Å². The van der Waals surface area contributed by atoms with Crippen molar-refractivity contribution in [1.29, 1.82) is 0 Å². The predicted octanol–water partition coefficient (Wildman–Crippen LogP) is 1.33. The molecule has 1 fully saturated rings. The third-order valence-corrected chi connectivity index (χ3v) is 1.81. The first kappa shape index (κ1) is 6.73. The molecule has 58 valence electrons. The molecule has 3 heteroatoms. The van der Waals surface area contributed by atoms with Gasteiger partial charge in [-0.25, -0.2) is 4.39 Å². The summed E-state index contributed by atoms with van der Waals surface area (Å²) in [6.07, 6.45) is 1.61. The lowest BCUT2D eigenvalue weighted by Gasteiger charge is -2.25. The van der Waals surface area contributed by atoms with Gasteiger partial charge in [0.1, 0.15) is 5.82 Å². The van der Waals surface area contributed by atoms with E-state index < -0.39 is 0 Å². The molecular formula is C8H8FNO. The summed E-state index contributed by atoms with van der Waals surface area (Å²) in [6.45, 7) is 1.21. The van der Waals surface area contributed by atoms with Crippen molar-refractivity contribution in [2.24, 2.45) is 0 Å². The van der Waals surface area contributed by atoms with Crippen LogP contribution in [0.1, 0.15) is 11.6 Å². The molecule has 2 heterocycles. The maximum atomic E-state index is 12.9. The monoisotopic (exact) mass is 153 g/mol. The van der Waals surface area contributed by atoms with Crippen LogP contribution in [-0.2, 0) is 4.74 Å². The van der Waals surface area contributed by atoms with Crippen molar-refractivity contribution in [1.82, 2.24) is 4.98 Å². The summed E-state index contributed by atoms with van der Waals surface area (Å²) in [5, 5.41) is 0. The second-order valence-electron chi connectivity index (χ2n) is 2.60. The highest BCUT2D eigenvalue weighted by Crippen LogP contribution is 2.23. The number of pyridine rings is 1. The Balaban J connectivity index is 2.28.